The van der Waals surface area contributed by atoms with Crippen molar-refractivity contribution >= 4 is 28.0 Å². The fourth-order valence-corrected chi connectivity index (χ4v) is 3.40. The zero-order valence-corrected chi connectivity index (χ0v) is 13.8. The first-order valence-electron chi connectivity index (χ1n) is 7.62. The van der Waals surface area contributed by atoms with Crippen LogP contribution in [0.3, 0.4) is 0 Å². The summed E-state index contributed by atoms with van der Waals surface area (Å²) in [5.41, 5.74) is 0. The maximum atomic E-state index is 12.1. The molecule has 4 heteroatoms. The van der Waals surface area contributed by atoms with Gasteiger partial charge in [-0.25, -0.2) is 0 Å². The molecule has 0 aliphatic heterocycles. The van der Waals surface area contributed by atoms with Gasteiger partial charge >= 0.3 is 0 Å². The van der Waals surface area contributed by atoms with Crippen LogP contribution in [0.2, 0.25) is 0 Å². The zero-order chi connectivity index (χ0) is 16.1. The predicted molar refractivity (Wildman–Crippen MR) is 95.0 cm³/mol. The van der Waals surface area contributed by atoms with Gasteiger partial charge < -0.3 is 10.1 Å². The van der Waals surface area contributed by atoms with E-state index in [-0.39, 0.29) is 11.8 Å². The number of ether oxygens (including phenoxy) is 1. The summed E-state index contributed by atoms with van der Waals surface area (Å²) in [5, 5.41) is 6.98. The second kappa shape index (κ2) is 7.29. The summed E-state index contributed by atoms with van der Waals surface area (Å²) in [4.78, 5) is 13.3. The number of nitrogens with one attached hydrogen (secondary N) is 1. The Balaban J connectivity index is 1.76. The Morgan fingerprint density at radius 2 is 1.96 bits per heavy atom. The Labute approximate surface area is 139 Å². The van der Waals surface area contributed by atoms with Gasteiger partial charge in [0.25, 0.3) is 0 Å². The van der Waals surface area contributed by atoms with E-state index in [4.69, 9.17) is 4.74 Å². The van der Waals surface area contributed by atoms with Gasteiger partial charge in [-0.3, -0.25) is 4.79 Å². The van der Waals surface area contributed by atoms with Gasteiger partial charge in [0.1, 0.15) is 12.4 Å². The molecule has 0 saturated carbocycles. The predicted octanol–water partition coefficient (Wildman–Crippen LogP) is 3.89. The van der Waals surface area contributed by atoms with Crippen LogP contribution in [0.1, 0.15) is 4.88 Å². The number of hydrogen-bond acceptors (Lipinski definition) is 3. The van der Waals surface area contributed by atoms with Crippen molar-refractivity contribution in [1.29, 1.82) is 0 Å². The molecule has 0 unspecified atom stereocenters. The van der Waals surface area contributed by atoms with Crippen molar-refractivity contribution in [3.05, 3.63) is 64.9 Å². The van der Waals surface area contributed by atoms with E-state index in [1.807, 2.05) is 41.8 Å². The van der Waals surface area contributed by atoms with Gasteiger partial charge in [-0.2, -0.15) is 0 Å². The minimum absolute atomic E-state index is 0.0126. The maximum Gasteiger partial charge on any atom is 0.226 e. The number of rotatable bonds is 6. The third kappa shape index (κ3) is 3.71. The summed E-state index contributed by atoms with van der Waals surface area (Å²) in [7, 11) is 1.67. The van der Waals surface area contributed by atoms with Crippen molar-refractivity contribution in [1.82, 2.24) is 5.32 Å². The second-order valence-corrected chi connectivity index (χ2v) is 6.42. The fourth-order valence-electron chi connectivity index (χ4n) is 2.61. The quantitative estimate of drug-likeness (QED) is 0.747. The lowest BCUT2D eigenvalue weighted by Crippen LogP contribution is -2.32. The number of amides is 1. The lowest BCUT2D eigenvalue weighted by Gasteiger charge is -2.16. The van der Waals surface area contributed by atoms with Gasteiger partial charge in [0.15, 0.2) is 0 Å². The number of thiophene rings is 1. The lowest BCUT2D eigenvalue weighted by atomic mass is 10.0. The Kier molecular flexibility index (Phi) is 4.93. The Morgan fingerprint density at radius 1 is 1.13 bits per heavy atom. The van der Waals surface area contributed by atoms with Crippen LogP contribution < -0.4 is 10.1 Å². The first-order chi connectivity index (χ1) is 11.3. The molecular weight excluding hydrogens is 306 g/mol. The third-order valence-corrected chi connectivity index (χ3v) is 4.73. The molecule has 118 valence electrons. The van der Waals surface area contributed by atoms with Crippen molar-refractivity contribution in [2.75, 3.05) is 13.7 Å². The van der Waals surface area contributed by atoms with E-state index in [1.165, 1.54) is 4.88 Å². The first kappa shape index (κ1) is 15.6. The van der Waals surface area contributed by atoms with Gasteiger partial charge in [-0.05, 0) is 29.3 Å². The highest BCUT2D eigenvalue weighted by atomic mass is 32.1. The molecule has 0 aliphatic rings. The summed E-state index contributed by atoms with van der Waals surface area (Å²) in [6.07, 6.45) is 0.697. The summed E-state index contributed by atoms with van der Waals surface area (Å²) >= 11 is 1.67. The molecule has 3 nitrogen and oxygen atoms in total. The molecule has 0 radical (unpaired) electrons. The third-order valence-electron chi connectivity index (χ3n) is 3.83. The summed E-state index contributed by atoms with van der Waals surface area (Å²) < 4.78 is 6.00. The van der Waals surface area contributed by atoms with Crippen molar-refractivity contribution < 1.29 is 9.53 Å². The molecule has 2 aromatic carbocycles. The van der Waals surface area contributed by atoms with Gasteiger partial charge in [0.05, 0.1) is 5.92 Å². The monoisotopic (exact) mass is 325 g/mol. The topological polar surface area (TPSA) is 38.3 Å². The molecular formula is C19H19NO2S. The van der Waals surface area contributed by atoms with E-state index in [1.54, 1.807) is 18.4 Å². The number of benzene rings is 2. The molecule has 0 fully saturated rings. The van der Waals surface area contributed by atoms with Gasteiger partial charge in [-0.15, -0.1) is 11.3 Å². The molecule has 0 bridgehead atoms. The molecule has 0 spiro atoms. The van der Waals surface area contributed by atoms with Crippen LogP contribution in [-0.2, 0) is 11.2 Å². The molecule has 0 saturated heterocycles. The van der Waals surface area contributed by atoms with E-state index in [2.05, 4.69) is 23.5 Å². The summed E-state index contributed by atoms with van der Waals surface area (Å²) in [6, 6.07) is 18.2. The molecule has 0 aliphatic carbocycles. The highest BCUT2D eigenvalue weighted by Gasteiger charge is 2.19. The van der Waals surface area contributed by atoms with Crippen LogP contribution in [0.25, 0.3) is 10.8 Å². The van der Waals surface area contributed by atoms with Crippen LogP contribution in [-0.4, -0.2) is 19.6 Å². The van der Waals surface area contributed by atoms with E-state index < -0.39 is 0 Å². The van der Waals surface area contributed by atoms with Crippen LogP contribution in [0.5, 0.6) is 5.75 Å². The van der Waals surface area contributed by atoms with Gasteiger partial charge in [0, 0.05) is 17.3 Å². The van der Waals surface area contributed by atoms with Crippen LogP contribution in [0, 0.1) is 5.92 Å². The van der Waals surface area contributed by atoms with E-state index in [0.29, 0.717) is 13.0 Å². The van der Waals surface area contributed by atoms with Gasteiger partial charge in [-0.1, -0.05) is 42.5 Å². The Bertz CT molecular complexity index is 778. The largest absolute Gasteiger partial charge is 0.492 e. The minimum atomic E-state index is -0.197. The molecule has 1 aromatic heterocycles. The van der Waals surface area contributed by atoms with E-state index in [9.17, 15) is 4.79 Å². The first-order valence-corrected chi connectivity index (χ1v) is 8.50. The molecule has 1 amide bonds. The lowest BCUT2D eigenvalue weighted by molar-refractivity contribution is -0.125. The molecule has 1 heterocycles. The highest BCUT2D eigenvalue weighted by molar-refractivity contribution is 7.09. The Morgan fingerprint density at radius 3 is 2.74 bits per heavy atom. The summed E-state index contributed by atoms with van der Waals surface area (Å²) in [5.74, 6) is 0.638. The van der Waals surface area contributed by atoms with Crippen LogP contribution in [0.4, 0.5) is 0 Å². The SMILES string of the molecule is CNC(=O)[C@@H](COc1cccc2ccccc12)Cc1cccs1. The maximum absolute atomic E-state index is 12.1. The van der Waals surface area contributed by atoms with Crippen molar-refractivity contribution in [2.24, 2.45) is 5.92 Å². The Hall–Kier alpha value is -2.33. The van der Waals surface area contributed by atoms with Gasteiger partial charge in [0.2, 0.25) is 5.91 Å². The second-order valence-electron chi connectivity index (χ2n) is 5.38. The smallest absolute Gasteiger partial charge is 0.226 e. The standard InChI is InChI=1S/C19H19NO2S/c1-20-19(21)15(12-16-8-5-11-23-16)13-22-18-10-4-7-14-6-2-3-9-17(14)18/h2-11,15H,12-13H2,1H3,(H,20,21)/t15-/m1/s1. The molecule has 1 atom stereocenters. The fraction of sp³-hybridized carbons (Fsp3) is 0.211. The number of fused-ring (bicyclic) bond motifs is 1. The van der Waals surface area contributed by atoms with Crippen LogP contribution >= 0.6 is 11.3 Å². The highest BCUT2D eigenvalue weighted by Crippen LogP contribution is 2.26. The average Bonchev–Trinajstić information content (AvgIpc) is 3.11. The molecule has 23 heavy (non-hydrogen) atoms. The zero-order valence-electron chi connectivity index (χ0n) is 13.0. The molecule has 3 aromatic rings. The summed E-state index contributed by atoms with van der Waals surface area (Å²) in [6.45, 7) is 0.367. The molecule has 1 N–H and O–H groups in total. The van der Waals surface area contributed by atoms with Crippen LogP contribution in [0.15, 0.2) is 60.0 Å². The number of carbonyl (C=O) groups is 1. The van der Waals surface area contributed by atoms with Crippen molar-refractivity contribution in [2.45, 2.75) is 6.42 Å². The normalized spacial score (nSPS) is 12.0. The van der Waals surface area contributed by atoms with E-state index >= 15 is 0 Å². The average molecular weight is 325 g/mol. The molecule has 3 rings (SSSR count). The van der Waals surface area contributed by atoms with E-state index in [0.717, 1.165) is 16.5 Å². The number of hydrogen-bond donors (Lipinski definition) is 1. The van der Waals surface area contributed by atoms with Crippen molar-refractivity contribution in [3.63, 3.8) is 0 Å². The number of carbonyl (C=O) groups excluding carboxylic acids is 1. The minimum Gasteiger partial charge on any atom is -0.492 e. The van der Waals surface area contributed by atoms with Crippen molar-refractivity contribution in [3.8, 4) is 5.75 Å².